The molecule has 8 heteroatoms. The molecule has 1 unspecified atom stereocenters. The maximum absolute atomic E-state index is 13.5. The molecule has 1 aliphatic rings. The van der Waals surface area contributed by atoms with E-state index < -0.39 is 11.9 Å². The van der Waals surface area contributed by atoms with E-state index in [4.69, 9.17) is 27.6 Å². The fourth-order valence-corrected chi connectivity index (χ4v) is 5.00. The van der Waals surface area contributed by atoms with Gasteiger partial charge in [-0.1, -0.05) is 35.3 Å². The van der Waals surface area contributed by atoms with Gasteiger partial charge >= 0.3 is 0 Å². The Hall–Kier alpha value is -2.67. The van der Waals surface area contributed by atoms with Crippen LogP contribution >= 0.6 is 34.5 Å². The van der Waals surface area contributed by atoms with Crippen LogP contribution in [0.25, 0.3) is 11.0 Å². The minimum atomic E-state index is -0.698. The van der Waals surface area contributed by atoms with Gasteiger partial charge in [0.25, 0.3) is 5.91 Å². The summed E-state index contributed by atoms with van der Waals surface area (Å²) in [5.74, 6) is -0.386. The Labute approximate surface area is 185 Å². The SMILES string of the molecule is Cc1nc(N2C(=O)c3oc4ccc(Cl)cc4c(=O)c3C2c2cccc(Cl)c2)sc1C. The molecule has 0 bridgehead atoms. The van der Waals surface area contributed by atoms with Gasteiger partial charge in [-0.25, -0.2) is 4.98 Å². The zero-order valence-corrected chi connectivity index (χ0v) is 18.2. The predicted molar refractivity (Wildman–Crippen MR) is 119 cm³/mol. The average molecular weight is 457 g/mol. The standard InChI is InChI=1S/C22H14Cl2N2O3S/c1-10-11(2)30-22(25-10)26-18(12-4-3-5-13(23)8-12)17-19(27)15-9-14(24)6-7-16(15)29-20(17)21(26)28/h3-9,18H,1-2H3. The highest BCUT2D eigenvalue weighted by molar-refractivity contribution is 7.15. The number of halogens is 2. The molecule has 0 radical (unpaired) electrons. The summed E-state index contributed by atoms with van der Waals surface area (Å²) in [6, 6.07) is 11.2. The molecule has 5 nitrogen and oxygen atoms in total. The molecule has 150 valence electrons. The number of rotatable bonds is 2. The Bertz CT molecular complexity index is 1390. The number of aromatic nitrogens is 1. The van der Waals surface area contributed by atoms with Crippen LogP contribution in [0.2, 0.25) is 10.0 Å². The van der Waals surface area contributed by atoms with Crippen LogP contribution in [-0.2, 0) is 0 Å². The summed E-state index contributed by atoms with van der Waals surface area (Å²) in [5.41, 5.74) is 1.82. The van der Waals surface area contributed by atoms with Crippen molar-refractivity contribution in [3.63, 3.8) is 0 Å². The topological polar surface area (TPSA) is 63.4 Å². The van der Waals surface area contributed by atoms with Crippen molar-refractivity contribution >= 4 is 56.5 Å². The van der Waals surface area contributed by atoms with Crippen molar-refractivity contribution in [1.82, 2.24) is 4.98 Å². The van der Waals surface area contributed by atoms with Gasteiger partial charge in [0.15, 0.2) is 10.6 Å². The highest BCUT2D eigenvalue weighted by Crippen LogP contribution is 2.43. The van der Waals surface area contributed by atoms with Crippen molar-refractivity contribution in [3.05, 3.63) is 90.2 Å². The fourth-order valence-electron chi connectivity index (χ4n) is 3.69. The van der Waals surface area contributed by atoms with Gasteiger partial charge in [0.2, 0.25) is 5.76 Å². The first-order valence-electron chi connectivity index (χ1n) is 9.14. The van der Waals surface area contributed by atoms with Crippen LogP contribution in [0.4, 0.5) is 5.13 Å². The van der Waals surface area contributed by atoms with E-state index in [-0.39, 0.29) is 16.8 Å². The van der Waals surface area contributed by atoms with Crippen molar-refractivity contribution in [2.45, 2.75) is 19.9 Å². The Morgan fingerprint density at radius 2 is 1.83 bits per heavy atom. The highest BCUT2D eigenvalue weighted by Gasteiger charge is 2.45. The largest absolute Gasteiger partial charge is 0.450 e. The van der Waals surface area contributed by atoms with E-state index in [2.05, 4.69) is 4.98 Å². The summed E-state index contributed by atoms with van der Waals surface area (Å²) in [6.07, 6.45) is 0. The maximum atomic E-state index is 13.5. The van der Waals surface area contributed by atoms with Crippen LogP contribution in [0, 0.1) is 13.8 Å². The second-order valence-electron chi connectivity index (χ2n) is 7.09. The molecule has 2 aromatic heterocycles. The third-order valence-electron chi connectivity index (χ3n) is 5.22. The van der Waals surface area contributed by atoms with E-state index >= 15 is 0 Å². The number of carbonyl (C=O) groups is 1. The molecule has 3 heterocycles. The average Bonchev–Trinajstić information content (AvgIpc) is 3.19. The Balaban J connectivity index is 1.84. The zero-order valence-electron chi connectivity index (χ0n) is 15.9. The van der Waals surface area contributed by atoms with Crippen LogP contribution in [0.3, 0.4) is 0 Å². The highest BCUT2D eigenvalue weighted by atomic mass is 35.5. The number of hydrogen-bond donors (Lipinski definition) is 0. The molecule has 1 aliphatic heterocycles. The van der Waals surface area contributed by atoms with Crippen LogP contribution in [0.15, 0.2) is 51.7 Å². The molecule has 0 N–H and O–H groups in total. The molecule has 2 aromatic carbocycles. The van der Waals surface area contributed by atoms with Gasteiger partial charge < -0.3 is 4.42 Å². The molecular weight excluding hydrogens is 443 g/mol. The van der Waals surface area contributed by atoms with E-state index in [9.17, 15) is 9.59 Å². The summed E-state index contributed by atoms with van der Waals surface area (Å²) in [7, 11) is 0. The number of aryl methyl sites for hydroxylation is 2. The van der Waals surface area contributed by atoms with E-state index in [1.54, 1.807) is 36.4 Å². The number of thiazole rings is 1. The Morgan fingerprint density at radius 1 is 1.07 bits per heavy atom. The molecule has 0 aliphatic carbocycles. The van der Waals surface area contributed by atoms with Crippen molar-refractivity contribution in [1.29, 1.82) is 0 Å². The number of carbonyl (C=O) groups excluding carboxylic acids is 1. The lowest BCUT2D eigenvalue weighted by atomic mass is 9.99. The van der Waals surface area contributed by atoms with Gasteiger partial charge in [0, 0.05) is 14.9 Å². The molecule has 1 amide bonds. The zero-order chi connectivity index (χ0) is 21.2. The third kappa shape index (κ3) is 2.87. The normalized spacial score (nSPS) is 15.8. The lowest BCUT2D eigenvalue weighted by Gasteiger charge is -2.22. The smallest absolute Gasteiger partial charge is 0.297 e. The summed E-state index contributed by atoms with van der Waals surface area (Å²) in [5, 5.41) is 1.76. The van der Waals surface area contributed by atoms with Crippen LogP contribution in [0.1, 0.15) is 38.3 Å². The number of amides is 1. The first-order chi connectivity index (χ1) is 14.3. The van der Waals surface area contributed by atoms with Gasteiger partial charge in [0.1, 0.15) is 5.58 Å². The van der Waals surface area contributed by atoms with Gasteiger partial charge in [-0.2, -0.15) is 0 Å². The lowest BCUT2D eigenvalue weighted by Crippen LogP contribution is -2.29. The van der Waals surface area contributed by atoms with Gasteiger partial charge in [-0.3, -0.25) is 14.5 Å². The Morgan fingerprint density at radius 3 is 2.53 bits per heavy atom. The quantitative estimate of drug-likeness (QED) is 0.375. The van der Waals surface area contributed by atoms with E-state index in [0.717, 1.165) is 10.6 Å². The van der Waals surface area contributed by atoms with Gasteiger partial charge in [-0.15, -0.1) is 11.3 Å². The van der Waals surface area contributed by atoms with E-state index in [1.165, 1.54) is 16.2 Å². The molecule has 0 saturated heterocycles. The number of anilines is 1. The third-order valence-corrected chi connectivity index (χ3v) is 6.76. The number of fused-ring (bicyclic) bond motifs is 2. The molecule has 1 atom stereocenters. The van der Waals surface area contributed by atoms with E-state index in [0.29, 0.717) is 31.7 Å². The lowest BCUT2D eigenvalue weighted by molar-refractivity contribution is 0.0971. The molecule has 0 saturated carbocycles. The summed E-state index contributed by atoms with van der Waals surface area (Å²) >= 11 is 13.7. The van der Waals surface area contributed by atoms with Gasteiger partial charge in [-0.05, 0) is 49.7 Å². The molecule has 30 heavy (non-hydrogen) atoms. The summed E-state index contributed by atoms with van der Waals surface area (Å²) < 4.78 is 5.92. The second-order valence-corrected chi connectivity index (χ2v) is 9.14. The Kier molecular flexibility index (Phi) is 4.47. The minimum absolute atomic E-state index is 0.0188. The molecule has 0 fully saturated rings. The second kappa shape index (κ2) is 6.94. The minimum Gasteiger partial charge on any atom is -0.450 e. The fraction of sp³-hybridized carbons (Fsp3) is 0.136. The molecular formula is C22H14Cl2N2O3S. The van der Waals surface area contributed by atoms with Crippen molar-refractivity contribution in [2.75, 3.05) is 4.90 Å². The molecule has 4 aromatic rings. The number of nitrogens with zero attached hydrogens (tertiary/aromatic N) is 2. The van der Waals surface area contributed by atoms with Crippen molar-refractivity contribution in [3.8, 4) is 0 Å². The maximum Gasteiger partial charge on any atom is 0.297 e. The van der Waals surface area contributed by atoms with Crippen molar-refractivity contribution in [2.24, 2.45) is 0 Å². The summed E-state index contributed by atoms with van der Waals surface area (Å²) in [4.78, 5) is 34.0. The first kappa shape index (κ1) is 19.3. The number of benzene rings is 2. The van der Waals surface area contributed by atoms with Crippen LogP contribution in [-0.4, -0.2) is 10.9 Å². The molecule has 0 spiro atoms. The first-order valence-corrected chi connectivity index (χ1v) is 10.7. The van der Waals surface area contributed by atoms with Crippen molar-refractivity contribution < 1.29 is 9.21 Å². The van der Waals surface area contributed by atoms with Gasteiger partial charge in [0.05, 0.1) is 22.7 Å². The predicted octanol–water partition coefficient (Wildman–Crippen LogP) is 5.92. The summed E-state index contributed by atoms with van der Waals surface area (Å²) in [6.45, 7) is 3.83. The number of hydrogen-bond acceptors (Lipinski definition) is 5. The van der Waals surface area contributed by atoms with Crippen LogP contribution < -0.4 is 10.3 Å². The van der Waals surface area contributed by atoms with E-state index in [1.807, 2.05) is 19.9 Å². The monoisotopic (exact) mass is 456 g/mol. The van der Waals surface area contributed by atoms with Crippen LogP contribution in [0.5, 0.6) is 0 Å². The molecule has 5 rings (SSSR count).